The molecule has 0 heterocycles. The van der Waals surface area contributed by atoms with Gasteiger partial charge in [0.15, 0.2) is 0 Å². The molecule has 1 aromatic rings. The molecule has 0 radical (unpaired) electrons. The number of anilines is 1. The Hall–Kier alpha value is -1.30. The molecule has 0 unspecified atom stereocenters. The number of thioether (sulfide) groups is 1. The van der Waals surface area contributed by atoms with Crippen molar-refractivity contribution < 1.29 is 9.31 Å². The fourth-order valence-electron chi connectivity index (χ4n) is 1.40. The Morgan fingerprint density at radius 1 is 1.47 bits per heavy atom. The van der Waals surface area contributed by atoms with Gasteiger partial charge in [-0.25, -0.2) is 4.39 Å². The quantitative estimate of drug-likeness (QED) is 0.463. The third-order valence-electron chi connectivity index (χ3n) is 2.25. The Morgan fingerprint density at radius 3 is 2.88 bits per heavy atom. The number of unbranched alkanes of at least 4 members (excludes halogenated alkanes) is 1. The molecular weight excluding hydrogens is 243 g/mol. The standard InChI is InChI=1S/C11H15FN2O2S/c1-17-7-3-2-6-13-10-5-4-9(12)8-11(10)14(15)16/h4-5,8,13H,2-3,6-7H2,1H3. The minimum Gasteiger partial charge on any atom is -0.379 e. The van der Waals surface area contributed by atoms with Crippen LogP contribution in [-0.4, -0.2) is 23.5 Å². The Labute approximate surface area is 104 Å². The van der Waals surface area contributed by atoms with Crippen LogP contribution in [0.15, 0.2) is 18.2 Å². The van der Waals surface area contributed by atoms with E-state index in [0.717, 1.165) is 24.7 Å². The summed E-state index contributed by atoms with van der Waals surface area (Å²) in [5.74, 6) is 0.484. The highest BCUT2D eigenvalue weighted by atomic mass is 32.2. The fourth-order valence-corrected chi connectivity index (χ4v) is 1.89. The van der Waals surface area contributed by atoms with Gasteiger partial charge in [0.1, 0.15) is 11.5 Å². The topological polar surface area (TPSA) is 55.2 Å². The van der Waals surface area contributed by atoms with Gasteiger partial charge in [0.25, 0.3) is 5.69 Å². The molecule has 4 nitrogen and oxygen atoms in total. The van der Waals surface area contributed by atoms with Gasteiger partial charge in [-0.2, -0.15) is 11.8 Å². The van der Waals surface area contributed by atoms with Crippen molar-refractivity contribution in [2.24, 2.45) is 0 Å². The Kier molecular flexibility index (Phi) is 5.76. The predicted molar refractivity (Wildman–Crippen MR) is 69.2 cm³/mol. The van der Waals surface area contributed by atoms with Crippen molar-refractivity contribution in [2.75, 3.05) is 23.9 Å². The summed E-state index contributed by atoms with van der Waals surface area (Å²) in [7, 11) is 0. The molecule has 0 bridgehead atoms. The van der Waals surface area contributed by atoms with E-state index in [1.54, 1.807) is 11.8 Å². The van der Waals surface area contributed by atoms with Crippen LogP contribution in [0, 0.1) is 15.9 Å². The fraction of sp³-hybridized carbons (Fsp3) is 0.455. The third kappa shape index (κ3) is 4.60. The number of nitro benzene ring substituents is 1. The summed E-state index contributed by atoms with van der Waals surface area (Å²) in [6, 6.07) is 3.56. The molecule has 1 aromatic carbocycles. The summed E-state index contributed by atoms with van der Waals surface area (Å²) in [5.41, 5.74) is 0.162. The second-order valence-electron chi connectivity index (χ2n) is 3.55. The molecule has 0 saturated heterocycles. The molecule has 1 rings (SSSR count). The zero-order valence-corrected chi connectivity index (χ0v) is 10.4. The second-order valence-corrected chi connectivity index (χ2v) is 4.53. The van der Waals surface area contributed by atoms with Crippen LogP contribution < -0.4 is 5.32 Å². The first-order valence-corrected chi connectivity index (χ1v) is 6.71. The highest BCUT2D eigenvalue weighted by Crippen LogP contribution is 2.24. The van der Waals surface area contributed by atoms with Gasteiger partial charge in [0.05, 0.1) is 11.0 Å². The smallest absolute Gasteiger partial charge is 0.295 e. The molecule has 0 aliphatic rings. The van der Waals surface area contributed by atoms with Gasteiger partial charge in [0, 0.05) is 6.54 Å². The van der Waals surface area contributed by atoms with Crippen molar-refractivity contribution in [3.8, 4) is 0 Å². The molecule has 0 fully saturated rings. The van der Waals surface area contributed by atoms with Gasteiger partial charge < -0.3 is 5.32 Å². The van der Waals surface area contributed by atoms with Gasteiger partial charge >= 0.3 is 0 Å². The average molecular weight is 258 g/mol. The van der Waals surface area contributed by atoms with Crippen LogP contribution in [0.25, 0.3) is 0 Å². The molecule has 0 saturated carbocycles. The minimum absolute atomic E-state index is 0.213. The average Bonchev–Trinajstić information content (AvgIpc) is 2.30. The molecule has 1 N–H and O–H groups in total. The van der Waals surface area contributed by atoms with Gasteiger partial charge in [-0.05, 0) is 37.0 Å². The van der Waals surface area contributed by atoms with E-state index in [9.17, 15) is 14.5 Å². The van der Waals surface area contributed by atoms with Crippen LogP contribution in [0.5, 0.6) is 0 Å². The Morgan fingerprint density at radius 2 is 2.24 bits per heavy atom. The van der Waals surface area contributed by atoms with Gasteiger partial charge in [-0.3, -0.25) is 10.1 Å². The molecule has 0 aliphatic carbocycles. The van der Waals surface area contributed by atoms with E-state index in [2.05, 4.69) is 5.32 Å². The van der Waals surface area contributed by atoms with Crippen molar-refractivity contribution in [2.45, 2.75) is 12.8 Å². The highest BCUT2D eigenvalue weighted by Gasteiger charge is 2.13. The number of nitro groups is 1. The highest BCUT2D eigenvalue weighted by molar-refractivity contribution is 7.98. The molecule has 17 heavy (non-hydrogen) atoms. The molecule has 0 aromatic heterocycles. The maximum atomic E-state index is 12.9. The van der Waals surface area contributed by atoms with Crippen LogP contribution in [0.1, 0.15) is 12.8 Å². The maximum absolute atomic E-state index is 12.9. The van der Waals surface area contributed by atoms with Crippen molar-refractivity contribution in [1.82, 2.24) is 0 Å². The Bertz CT molecular complexity index is 388. The summed E-state index contributed by atoms with van der Waals surface area (Å²) < 4.78 is 12.9. The van der Waals surface area contributed by atoms with Crippen LogP contribution >= 0.6 is 11.8 Å². The van der Waals surface area contributed by atoms with Crippen LogP contribution in [0.4, 0.5) is 15.8 Å². The van der Waals surface area contributed by atoms with E-state index in [4.69, 9.17) is 0 Å². The van der Waals surface area contributed by atoms with Crippen LogP contribution in [0.3, 0.4) is 0 Å². The van der Waals surface area contributed by atoms with E-state index in [1.165, 1.54) is 12.1 Å². The number of halogens is 1. The van der Waals surface area contributed by atoms with Crippen molar-refractivity contribution in [1.29, 1.82) is 0 Å². The number of nitrogens with one attached hydrogen (secondary N) is 1. The van der Waals surface area contributed by atoms with Crippen molar-refractivity contribution >= 4 is 23.1 Å². The maximum Gasteiger partial charge on any atom is 0.295 e. The van der Waals surface area contributed by atoms with E-state index >= 15 is 0 Å². The second kappa shape index (κ2) is 7.11. The Balaban J connectivity index is 2.55. The third-order valence-corrected chi connectivity index (χ3v) is 2.94. The molecule has 94 valence electrons. The van der Waals surface area contributed by atoms with Gasteiger partial charge in [-0.15, -0.1) is 0 Å². The molecule has 0 amide bonds. The van der Waals surface area contributed by atoms with E-state index in [1.807, 2.05) is 6.26 Å². The lowest BCUT2D eigenvalue weighted by molar-refractivity contribution is -0.384. The lowest BCUT2D eigenvalue weighted by Gasteiger charge is -2.06. The largest absolute Gasteiger partial charge is 0.379 e. The zero-order chi connectivity index (χ0) is 12.7. The summed E-state index contributed by atoms with van der Waals surface area (Å²) in [4.78, 5) is 10.1. The molecule has 6 heteroatoms. The van der Waals surface area contributed by atoms with Crippen molar-refractivity contribution in [3.05, 3.63) is 34.1 Å². The number of benzene rings is 1. The van der Waals surface area contributed by atoms with Crippen LogP contribution in [-0.2, 0) is 0 Å². The van der Waals surface area contributed by atoms with Crippen LogP contribution in [0.2, 0.25) is 0 Å². The predicted octanol–water partition coefficient (Wildman–Crippen LogP) is 3.29. The molecular formula is C11H15FN2O2S. The number of nitrogens with zero attached hydrogens (tertiary/aromatic N) is 1. The molecule has 0 atom stereocenters. The summed E-state index contributed by atoms with van der Waals surface area (Å²) in [6.45, 7) is 0.660. The van der Waals surface area contributed by atoms with E-state index in [-0.39, 0.29) is 5.69 Å². The zero-order valence-electron chi connectivity index (χ0n) is 9.61. The summed E-state index contributed by atoms with van der Waals surface area (Å²) >= 11 is 1.77. The SMILES string of the molecule is CSCCCCNc1ccc(F)cc1[N+](=O)[O-]. The first kappa shape index (κ1) is 13.8. The first-order chi connectivity index (χ1) is 8.15. The lowest BCUT2D eigenvalue weighted by atomic mass is 10.2. The first-order valence-electron chi connectivity index (χ1n) is 5.32. The van der Waals surface area contributed by atoms with Crippen molar-refractivity contribution in [3.63, 3.8) is 0 Å². The van der Waals surface area contributed by atoms with E-state index < -0.39 is 10.7 Å². The minimum atomic E-state index is -0.593. The van der Waals surface area contributed by atoms with E-state index in [0.29, 0.717) is 12.2 Å². The normalized spacial score (nSPS) is 10.2. The summed E-state index contributed by atoms with van der Waals surface area (Å²) in [6.07, 6.45) is 4.04. The number of rotatable bonds is 7. The van der Waals surface area contributed by atoms with Gasteiger partial charge in [-0.1, -0.05) is 0 Å². The lowest BCUT2D eigenvalue weighted by Crippen LogP contribution is -2.04. The molecule has 0 spiro atoms. The van der Waals surface area contributed by atoms with Gasteiger partial charge in [0.2, 0.25) is 0 Å². The molecule has 0 aliphatic heterocycles. The monoisotopic (exact) mass is 258 g/mol. The number of hydrogen-bond donors (Lipinski definition) is 1. The summed E-state index contributed by atoms with van der Waals surface area (Å²) in [5, 5.41) is 13.7. The number of hydrogen-bond acceptors (Lipinski definition) is 4.